The van der Waals surface area contributed by atoms with Crippen LogP contribution in [-0.2, 0) is 26.5 Å². The molecule has 275 valence electrons. The molecule has 3 nitrogen and oxygen atoms in total. The molecular weight excluding hydrogens is 853 g/mol. The summed E-state index contributed by atoms with van der Waals surface area (Å²) < 4.78 is 51.3. The first-order valence-corrected chi connectivity index (χ1v) is 21.6. The van der Waals surface area contributed by atoms with Crippen LogP contribution in [0.4, 0.5) is 0 Å². The van der Waals surface area contributed by atoms with Gasteiger partial charge in [-0.25, -0.2) is 0 Å². The number of fused-ring (bicyclic) bond motifs is 4. The topological polar surface area (TPSA) is 38.9 Å². The first-order chi connectivity index (χ1) is 27.3. The number of benzene rings is 5. The average molecular weight is 906 g/mol. The van der Waals surface area contributed by atoms with Crippen molar-refractivity contribution in [1.29, 1.82) is 0 Å². The molecular formula is C49H48IrN2OSi-2. The van der Waals surface area contributed by atoms with E-state index >= 15 is 0 Å². The number of rotatable bonds is 6. The first-order valence-electron chi connectivity index (χ1n) is 20.6. The maximum atomic E-state index is 9.29. The third-order valence-corrected chi connectivity index (χ3v) is 11.1. The molecule has 3 aromatic heterocycles. The summed E-state index contributed by atoms with van der Waals surface area (Å²) in [6, 6.07) is 41.4. The standard InChI is InChI=1S/C32H26NO.C17H22NSi.Ir/c1-32(2,3)19-24-17-29(33-20-28(24)21-10-5-4-6-11-21)26-15-9-14-25-27-16-22-12-7-8-13-23(22)18-30(27)34-31(25)26;1-13(2)15-11-16(14-9-7-6-8-10-14)18-12-17(15)19(3,4)5;/h4-14,16-18,20H,19H2,1-3H3;6-9,11-13H,1-5H3;/q2*-1;/i17D,19D2,20D;13D;. The fraction of sp³-hybridized carbons (Fsp3) is 0.224. The van der Waals surface area contributed by atoms with Gasteiger partial charge in [-0.05, 0) is 68.3 Å². The molecule has 0 aliphatic carbocycles. The zero-order valence-corrected chi connectivity index (χ0v) is 35.5. The molecule has 8 rings (SSSR count). The van der Waals surface area contributed by atoms with E-state index < -0.39 is 25.8 Å². The smallest absolute Gasteiger partial charge is 0.121 e. The zero-order chi connectivity index (χ0) is 41.8. The van der Waals surface area contributed by atoms with E-state index in [1.165, 1.54) is 5.19 Å². The average Bonchev–Trinajstić information content (AvgIpc) is 3.54. The van der Waals surface area contributed by atoms with Gasteiger partial charge in [0.25, 0.3) is 0 Å². The molecule has 1 radical (unpaired) electrons. The second kappa shape index (κ2) is 16.0. The molecule has 0 fully saturated rings. The zero-order valence-electron chi connectivity index (χ0n) is 37.1. The first kappa shape index (κ1) is 32.7. The van der Waals surface area contributed by atoms with Gasteiger partial charge in [-0.3, -0.25) is 0 Å². The fourth-order valence-corrected chi connectivity index (χ4v) is 8.13. The van der Waals surface area contributed by atoms with Crippen LogP contribution < -0.4 is 5.19 Å². The van der Waals surface area contributed by atoms with Gasteiger partial charge in [-0.2, -0.15) is 0 Å². The van der Waals surface area contributed by atoms with E-state index in [0.717, 1.165) is 38.4 Å². The van der Waals surface area contributed by atoms with E-state index in [0.29, 0.717) is 27.9 Å². The van der Waals surface area contributed by atoms with Crippen LogP contribution in [-0.4, -0.2) is 18.0 Å². The number of aromatic nitrogens is 2. The Morgan fingerprint density at radius 3 is 2.19 bits per heavy atom. The predicted molar refractivity (Wildman–Crippen MR) is 227 cm³/mol. The minimum Gasteiger partial charge on any atom is -0.501 e. The summed E-state index contributed by atoms with van der Waals surface area (Å²) in [5, 5.41) is 5.23. The summed E-state index contributed by atoms with van der Waals surface area (Å²) in [7, 11) is -1.50. The molecule has 3 heterocycles. The van der Waals surface area contributed by atoms with Crippen LogP contribution >= 0.6 is 0 Å². The van der Waals surface area contributed by atoms with Crippen LogP contribution in [0.25, 0.3) is 66.4 Å². The number of hydrogen-bond donors (Lipinski definition) is 0. The summed E-state index contributed by atoms with van der Waals surface area (Å²) in [6.07, 6.45) is -0.0337. The third-order valence-electron chi connectivity index (χ3n) is 9.11. The molecule has 5 aromatic carbocycles. The summed E-state index contributed by atoms with van der Waals surface area (Å²) in [4.78, 5) is 9.18. The molecule has 0 saturated carbocycles. The molecule has 0 spiro atoms. The van der Waals surface area contributed by atoms with Gasteiger partial charge in [0.15, 0.2) is 0 Å². The molecule has 8 aromatic rings. The number of pyridine rings is 2. The molecule has 0 aliphatic rings. The van der Waals surface area contributed by atoms with Crippen molar-refractivity contribution < 1.29 is 31.4 Å². The Balaban J connectivity index is 0.000000236. The van der Waals surface area contributed by atoms with Gasteiger partial charge < -0.3 is 14.4 Å². The van der Waals surface area contributed by atoms with Crippen molar-refractivity contribution in [2.75, 3.05) is 0 Å². The Morgan fingerprint density at radius 1 is 0.815 bits per heavy atom. The van der Waals surface area contributed by atoms with Crippen molar-refractivity contribution in [2.24, 2.45) is 5.41 Å². The Hall–Kier alpha value is -4.67. The van der Waals surface area contributed by atoms with Gasteiger partial charge in [-0.1, -0.05) is 137 Å². The van der Waals surface area contributed by atoms with Gasteiger partial charge in [0, 0.05) is 47.5 Å². The van der Waals surface area contributed by atoms with Crippen LogP contribution in [0.3, 0.4) is 0 Å². The van der Waals surface area contributed by atoms with Crippen LogP contribution in [0.2, 0.25) is 19.6 Å². The number of furan rings is 1. The van der Waals surface area contributed by atoms with Crippen LogP contribution in [0.15, 0.2) is 132 Å². The SMILES string of the molecule is [2H]C(C)(C)c1cc(-c2[c-]cccc2)ncc1[Si](C)(C)C.[2H]c1nc(-c2[c-]ccc3c2oc2cc4ccccc4cc23)c([2H])c(C([2H])([2H])C(C)(C)C)c1-c1ccccc1.[Ir]. The van der Waals surface area contributed by atoms with Crippen LogP contribution in [0, 0.1) is 17.5 Å². The van der Waals surface area contributed by atoms with Gasteiger partial charge in [0.05, 0.1) is 16.4 Å². The van der Waals surface area contributed by atoms with E-state index in [4.69, 9.17) is 9.90 Å². The Kier molecular flexibility index (Phi) is 9.68. The minimum atomic E-state index is -1.93. The van der Waals surface area contributed by atoms with Crippen LogP contribution in [0.1, 0.15) is 58.5 Å². The van der Waals surface area contributed by atoms with E-state index in [-0.39, 0.29) is 43.6 Å². The van der Waals surface area contributed by atoms with Crippen LogP contribution in [0.5, 0.6) is 0 Å². The quantitative estimate of drug-likeness (QED) is 0.123. The summed E-state index contributed by atoms with van der Waals surface area (Å²) in [5.41, 5.74) is 5.16. The maximum absolute atomic E-state index is 9.29. The van der Waals surface area contributed by atoms with Crippen molar-refractivity contribution in [1.82, 2.24) is 9.97 Å². The van der Waals surface area contributed by atoms with Gasteiger partial charge in [-0.15, -0.1) is 54.1 Å². The molecule has 0 bridgehead atoms. The molecule has 0 atom stereocenters. The number of hydrogen-bond acceptors (Lipinski definition) is 3. The van der Waals surface area contributed by atoms with E-state index in [1.807, 2.05) is 126 Å². The monoisotopic (exact) mass is 906 g/mol. The van der Waals surface area contributed by atoms with Gasteiger partial charge >= 0.3 is 0 Å². The predicted octanol–water partition coefficient (Wildman–Crippen LogP) is 13.1. The summed E-state index contributed by atoms with van der Waals surface area (Å²) in [5.74, 6) is -0.609. The summed E-state index contributed by atoms with van der Waals surface area (Å²) in [6.45, 7) is 16.2. The van der Waals surface area contributed by atoms with Crippen molar-refractivity contribution in [3.63, 3.8) is 0 Å². The summed E-state index contributed by atoms with van der Waals surface area (Å²) >= 11 is 0. The minimum absolute atomic E-state index is 0. The molecule has 0 aliphatic heterocycles. The molecule has 54 heavy (non-hydrogen) atoms. The van der Waals surface area contributed by atoms with Gasteiger partial charge in [0.2, 0.25) is 0 Å². The van der Waals surface area contributed by atoms with Crippen molar-refractivity contribution in [3.8, 4) is 33.6 Å². The maximum Gasteiger partial charge on any atom is 0.121 e. The Bertz CT molecular complexity index is 2790. The van der Waals surface area contributed by atoms with E-state index in [1.54, 1.807) is 6.07 Å². The molecule has 5 heteroatoms. The normalized spacial score (nSPS) is 13.6. The second-order valence-corrected chi connectivity index (χ2v) is 20.8. The Labute approximate surface area is 342 Å². The second-order valence-electron chi connectivity index (χ2n) is 15.7. The third kappa shape index (κ3) is 8.50. The van der Waals surface area contributed by atoms with Crippen molar-refractivity contribution in [2.45, 2.75) is 66.5 Å². The largest absolute Gasteiger partial charge is 0.501 e. The van der Waals surface area contributed by atoms with E-state index in [9.17, 15) is 1.37 Å². The Morgan fingerprint density at radius 2 is 1.52 bits per heavy atom. The van der Waals surface area contributed by atoms with Gasteiger partial charge in [0.1, 0.15) is 5.58 Å². The van der Waals surface area contributed by atoms with Crippen molar-refractivity contribution in [3.05, 3.63) is 151 Å². The fourth-order valence-electron chi connectivity index (χ4n) is 6.55. The van der Waals surface area contributed by atoms with Crippen molar-refractivity contribution >= 4 is 46.0 Å². The molecule has 0 unspecified atom stereocenters. The molecule has 0 saturated heterocycles. The molecule has 0 amide bonds. The number of nitrogens with zero attached hydrogens (tertiary/aromatic N) is 2. The van der Waals surface area contributed by atoms with E-state index in [2.05, 4.69) is 59.9 Å². The molecule has 0 N–H and O–H groups in total.